The van der Waals surface area contributed by atoms with Crippen LogP contribution in [0.2, 0.25) is 0 Å². The fourth-order valence-electron chi connectivity index (χ4n) is 8.03. The zero-order chi connectivity index (χ0) is 34.7. The summed E-state index contributed by atoms with van der Waals surface area (Å²) in [4.78, 5) is 18.0. The Morgan fingerprint density at radius 1 is 0.740 bits per heavy atom. The van der Waals surface area contributed by atoms with Gasteiger partial charge < -0.3 is 14.7 Å². The number of amides is 1. The van der Waals surface area contributed by atoms with Crippen molar-refractivity contribution in [1.82, 2.24) is 9.80 Å². The van der Waals surface area contributed by atoms with Crippen LogP contribution in [0.25, 0.3) is 11.1 Å². The average molecular weight is 674 g/mol. The van der Waals surface area contributed by atoms with Crippen LogP contribution < -0.4 is 5.32 Å². The quantitative estimate of drug-likeness (QED) is 0.123. The number of hydrogen-bond donors (Lipinski definition) is 2. The van der Waals surface area contributed by atoms with Crippen LogP contribution in [0.5, 0.6) is 0 Å². The lowest BCUT2D eigenvalue weighted by Crippen LogP contribution is -2.48. The van der Waals surface area contributed by atoms with Gasteiger partial charge in [-0.05, 0) is 87.8 Å². The smallest absolute Gasteiger partial charge is 0.412 e. The molecule has 0 unspecified atom stereocenters. The van der Waals surface area contributed by atoms with Crippen molar-refractivity contribution in [3.63, 3.8) is 0 Å². The number of nitrogens with zero attached hydrogens (tertiary/aromatic N) is 2. The molecule has 2 aliphatic rings. The van der Waals surface area contributed by atoms with E-state index in [1.165, 1.54) is 38.5 Å². The van der Waals surface area contributed by atoms with Gasteiger partial charge in [0.15, 0.2) is 0 Å². The summed E-state index contributed by atoms with van der Waals surface area (Å²) in [6.45, 7) is 7.19. The highest BCUT2D eigenvalue weighted by Crippen LogP contribution is 2.40. The van der Waals surface area contributed by atoms with Crippen molar-refractivity contribution in [1.29, 1.82) is 0 Å². The minimum absolute atomic E-state index is 0.0924. The van der Waals surface area contributed by atoms with E-state index in [-0.39, 0.29) is 12.1 Å². The molecule has 50 heavy (non-hydrogen) atoms. The number of anilines is 1. The maximum atomic E-state index is 13.0. The van der Waals surface area contributed by atoms with Gasteiger partial charge in [-0.1, -0.05) is 135 Å². The van der Waals surface area contributed by atoms with Crippen molar-refractivity contribution in [2.24, 2.45) is 0 Å². The Morgan fingerprint density at radius 3 is 1.92 bits per heavy atom. The van der Waals surface area contributed by atoms with Crippen molar-refractivity contribution in [3.05, 3.63) is 126 Å². The first kappa shape index (κ1) is 35.8. The molecule has 6 nitrogen and oxygen atoms in total. The van der Waals surface area contributed by atoms with Gasteiger partial charge in [-0.25, -0.2) is 4.79 Å². The van der Waals surface area contributed by atoms with Gasteiger partial charge in [0.1, 0.15) is 11.2 Å². The van der Waals surface area contributed by atoms with Crippen molar-refractivity contribution >= 4 is 11.8 Å². The van der Waals surface area contributed by atoms with Crippen LogP contribution in [0.3, 0.4) is 0 Å². The largest absolute Gasteiger partial charge is 0.443 e. The first-order valence-electron chi connectivity index (χ1n) is 18.9. The van der Waals surface area contributed by atoms with Gasteiger partial charge in [-0.15, -0.1) is 0 Å². The minimum atomic E-state index is -1.00. The summed E-state index contributed by atoms with van der Waals surface area (Å²) in [6, 6.07) is 38.6. The molecule has 2 aliphatic heterocycles. The number of aliphatic hydroxyl groups is 1. The molecule has 6 heteroatoms. The Kier molecular flexibility index (Phi) is 12.4. The second-order valence-electron chi connectivity index (χ2n) is 14.5. The minimum Gasteiger partial charge on any atom is -0.443 e. The number of hydrogen-bond acceptors (Lipinski definition) is 5. The number of nitrogens with one attached hydrogen (secondary N) is 1. The highest BCUT2D eigenvalue weighted by atomic mass is 16.6. The SMILES string of the molecule is CC1(OC(=O)Nc2ccccc2-c2ccccc2)CCN(CCCCCCCCN2CCC[C@H]2C(O)(c2ccccc2)c2ccccc2)CC1. The summed E-state index contributed by atoms with van der Waals surface area (Å²) < 4.78 is 6.02. The van der Waals surface area contributed by atoms with Crippen molar-refractivity contribution < 1.29 is 14.6 Å². The maximum absolute atomic E-state index is 13.0. The molecule has 2 fully saturated rings. The number of rotatable bonds is 15. The Hall–Kier alpha value is -3.97. The molecule has 0 bridgehead atoms. The van der Waals surface area contributed by atoms with E-state index in [0.29, 0.717) is 0 Å². The fraction of sp³-hybridized carbons (Fsp3) is 0.432. The number of para-hydroxylation sites is 1. The highest BCUT2D eigenvalue weighted by molar-refractivity contribution is 5.91. The molecule has 0 spiro atoms. The van der Waals surface area contributed by atoms with Crippen LogP contribution in [-0.4, -0.2) is 65.4 Å². The van der Waals surface area contributed by atoms with Crippen LogP contribution in [0, 0.1) is 0 Å². The van der Waals surface area contributed by atoms with Crippen molar-refractivity contribution in [3.8, 4) is 11.1 Å². The molecule has 6 rings (SSSR count). The molecular formula is C44H55N3O3. The first-order valence-corrected chi connectivity index (χ1v) is 18.9. The van der Waals surface area contributed by atoms with E-state index in [2.05, 4.69) is 46.3 Å². The van der Waals surface area contributed by atoms with E-state index < -0.39 is 11.2 Å². The molecular weight excluding hydrogens is 619 g/mol. The monoisotopic (exact) mass is 673 g/mol. The Balaban J connectivity index is 0.871. The van der Waals surface area contributed by atoms with Gasteiger partial charge in [0.2, 0.25) is 0 Å². The lowest BCUT2D eigenvalue weighted by Gasteiger charge is -2.40. The van der Waals surface area contributed by atoms with Gasteiger partial charge in [0, 0.05) is 24.7 Å². The van der Waals surface area contributed by atoms with E-state index in [9.17, 15) is 9.90 Å². The van der Waals surface area contributed by atoms with Crippen LogP contribution in [0.1, 0.15) is 82.3 Å². The summed E-state index contributed by atoms with van der Waals surface area (Å²) in [7, 11) is 0. The average Bonchev–Trinajstić information content (AvgIpc) is 3.63. The number of carbonyl (C=O) groups is 1. The fourth-order valence-corrected chi connectivity index (χ4v) is 8.03. The summed E-state index contributed by atoms with van der Waals surface area (Å²) in [5, 5.41) is 15.3. The predicted molar refractivity (Wildman–Crippen MR) is 204 cm³/mol. The van der Waals surface area contributed by atoms with Gasteiger partial charge in [0.05, 0.1) is 5.69 Å². The van der Waals surface area contributed by atoms with Gasteiger partial charge in [-0.2, -0.15) is 0 Å². The molecule has 2 saturated heterocycles. The predicted octanol–water partition coefficient (Wildman–Crippen LogP) is 9.50. The second-order valence-corrected chi connectivity index (χ2v) is 14.5. The second kappa shape index (κ2) is 17.3. The lowest BCUT2D eigenvalue weighted by atomic mass is 9.79. The first-order chi connectivity index (χ1) is 24.4. The number of benzene rings is 4. The van der Waals surface area contributed by atoms with Crippen molar-refractivity contribution in [2.75, 3.05) is 38.0 Å². The van der Waals surface area contributed by atoms with Crippen LogP contribution in [0.4, 0.5) is 10.5 Å². The molecule has 0 saturated carbocycles. The van der Waals surface area contributed by atoms with E-state index in [4.69, 9.17) is 4.74 Å². The molecule has 1 atom stereocenters. The van der Waals surface area contributed by atoms with Gasteiger partial charge in [-0.3, -0.25) is 10.2 Å². The number of ether oxygens (including phenoxy) is 1. The van der Waals surface area contributed by atoms with Crippen LogP contribution in [-0.2, 0) is 10.3 Å². The topological polar surface area (TPSA) is 65.0 Å². The Bertz CT molecular complexity index is 1570. The highest BCUT2D eigenvalue weighted by Gasteiger charge is 2.45. The molecule has 264 valence electrons. The number of carbonyl (C=O) groups excluding carboxylic acids is 1. The molecule has 0 aliphatic carbocycles. The Labute approximate surface area is 299 Å². The third kappa shape index (κ3) is 9.03. The lowest BCUT2D eigenvalue weighted by molar-refractivity contribution is -0.0163. The van der Waals surface area contributed by atoms with Gasteiger partial charge in [0.25, 0.3) is 0 Å². The zero-order valence-corrected chi connectivity index (χ0v) is 29.8. The summed E-state index contributed by atoms with van der Waals surface area (Å²) in [5.74, 6) is 0. The van der Waals surface area contributed by atoms with E-state index >= 15 is 0 Å². The van der Waals surface area contributed by atoms with Crippen LogP contribution in [0.15, 0.2) is 115 Å². The number of likely N-dealkylation sites (tertiary alicyclic amines) is 2. The molecule has 0 aromatic heterocycles. The third-order valence-corrected chi connectivity index (χ3v) is 10.9. The molecule has 2 heterocycles. The standard InChI is InChI=1S/C44H55N3O3/c1-43(50-42(48)45-40-27-16-15-26-39(40)36-20-9-6-10-21-36)29-34-46(35-30-43)31-17-4-2-3-5-18-32-47-33-19-28-41(47)44(49,37-22-11-7-12-23-37)38-24-13-8-14-25-38/h6-16,20-27,41,49H,2-5,17-19,28-35H2,1H3,(H,45,48)/t41-/m0/s1. The van der Waals surface area contributed by atoms with E-state index in [0.717, 1.165) is 86.3 Å². The van der Waals surface area contributed by atoms with E-state index in [1.807, 2.05) is 91.0 Å². The third-order valence-electron chi connectivity index (χ3n) is 10.9. The molecule has 2 N–H and O–H groups in total. The van der Waals surface area contributed by atoms with E-state index in [1.54, 1.807) is 0 Å². The number of unbranched alkanes of at least 4 members (excludes halogenated alkanes) is 5. The van der Waals surface area contributed by atoms with Crippen LogP contribution >= 0.6 is 0 Å². The maximum Gasteiger partial charge on any atom is 0.412 e. The summed E-state index contributed by atoms with van der Waals surface area (Å²) in [5.41, 5.74) is 3.34. The molecule has 0 radical (unpaired) electrons. The Morgan fingerprint density at radius 2 is 1.28 bits per heavy atom. The van der Waals surface area contributed by atoms with Crippen molar-refractivity contribution in [2.45, 2.75) is 88.4 Å². The molecule has 4 aromatic carbocycles. The zero-order valence-electron chi connectivity index (χ0n) is 29.8. The summed E-state index contributed by atoms with van der Waals surface area (Å²) in [6.07, 6.45) is 10.9. The molecule has 4 aromatic rings. The summed E-state index contributed by atoms with van der Waals surface area (Å²) >= 11 is 0. The normalized spacial score (nSPS) is 18.2. The number of piperidine rings is 1. The molecule has 1 amide bonds. The van der Waals surface area contributed by atoms with Gasteiger partial charge >= 0.3 is 6.09 Å².